The Morgan fingerprint density at radius 1 is 1.15 bits per heavy atom. The Morgan fingerprint density at radius 2 is 1.85 bits per heavy atom. The van der Waals surface area contributed by atoms with Gasteiger partial charge in [0.05, 0.1) is 17.2 Å². The summed E-state index contributed by atoms with van der Waals surface area (Å²) in [6.45, 7) is 3.53. The third kappa shape index (κ3) is 1.95. The van der Waals surface area contributed by atoms with E-state index < -0.39 is 0 Å². The maximum absolute atomic E-state index is 4.75. The lowest BCUT2D eigenvalue weighted by molar-refractivity contribution is 0.366. The first-order chi connectivity index (χ1) is 9.72. The zero-order valence-electron chi connectivity index (χ0n) is 12.0. The minimum absolute atomic E-state index is 0.866. The van der Waals surface area contributed by atoms with E-state index in [4.69, 9.17) is 4.98 Å². The molecule has 1 unspecified atom stereocenters. The zero-order chi connectivity index (χ0) is 13.7. The van der Waals surface area contributed by atoms with Crippen LogP contribution in [-0.2, 0) is 0 Å². The summed E-state index contributed by atoms with van der Waals surface area (Å²) in [4.78, 5) is 14.0. The van der Waals surface area contributed by atoms with Crippen molar-refractivity contribution in [2.45, 2.75) is 0 Å². The summed E-state index contributed by atoms with van der Waals surface area (Å²) in [6, 6.07) is 8.08. The van der Waals surface area contributed by atoms with E-state index in [1.54, 1.807) is 0 Å². The first kappa shape index (κ1) is 12.1. The molecule has 1 aliphatic carbocycles. The number of rotatable bonds is 3. The highest BCUT2D eigenvalue weighted by molar-refractivity contribution is 5.75. The monoisotopic (exact) mass is 268 g/mol. The first-order valence-corrected chi connectivity index (χ1v) is 7.34. The van der Waals surface area contributed by atoms with Gasteiger partial charge in [-0.15, -0.1) is 0 Å². The fourth-order valence-electron chi connectivity index (χ4n) is 3.63. The van der Waals surface area contributed by atoms with Crippen LogP contribution in [0.3, 0.4) is 0 Å². The molecule has 0 bridgehead atoms. The molecule has 2 aromatic rings. The van der Waals surface area contributed by atoms with Gasteiger partial charge >= 0.3 is 0 Å². The molecule has 1 saturated heterocycles. The van der Waals surface area contributed by atoms with Gasteiger partial charge in [0, 0.05) is 19.6 Å². The summed E-state index contributed by atoms with van der Waals surface area (Å²) in [5.41, 5.74) is 1.97. The maximum Gasteiger partial charge on any atom is 0.147 e. The van der Waals surface area contributed by atoms with E-state index in [9.17, 15) is 0 Å². The highest BCUT2D eigenvalue weighted by Gasteiger charge is 2.55. The fourth-order valence-corrected chi connectivity index (χ4v) is 3.63. The van der Waals surface area contributed by atoms with Gasteiger partial charge in [0.15, 0.2) is 0 Å². The van der Waals surface area contributed by atoms with Crippen LogP contribution in [0.25, 0.3) is 11.0 Å². The van der Waals surface area contributed by atoms with E-state index in [1.807, 2.05) is 30.5 Å². The van der Waals surface area contributed by atoms with Crippen LogP contribution in [0.5, 0.6) is 0 Å². The van der Waals surface area contributed by atoms with Crippen LogP contribution in [0, 0.1) is 17.8 Å². The van der Waals surface area contributed by atoms with Crippen LogP contribution in [0.2, 0.25) is 0 Å². The molecule has 2 heterocycles. The number of nitrogens with zero attached hydrogens (tertiary/aromatic N) is 4. The lowest BCUT2D eigenvalue weighted by Crippen LogP contribution is -2.28. The third-order valence-electron chi connectivity index (χ3n) is 4.71. The SMILES string of the molecule is CN(C)CC1[C@H]2CN(c3cnc4ccccc4n3)C[C@@H]12. The van der Waals surface area contributed by atoms with Crippen molar-refractivity contribution in [3.8, 4) is 0 Å². The Hall–Kier alpha value is -1.68. The molecule has 0 N–H and O–H groups in total. The first-order valence-electron chi connectivity index (χ1n) is 7.34. The van der Waals surface area contributed by atoms with Gasteiger partial charge in [-0.2, -0.15) is 0 Å². The van der Waals surface area contributed by atoms with E-state index in [0.29, 0.717) is 0 Å². The molecule has 1 aliphatic heterocycles. The number of para-hydroxylation sites is 2. The van der Waals surface area contributed by atoms with Gasteiger partial charge < -0.3 is 9.80 Å². The molecule has 2 aliphatic rings. The number of hydrogen-bond donors (Lipinski definition) is 0. The van der Waals surface area contributed by atoms with Gasteiger partial charge in [-0.1, -0.05) is 12.1 Å². The van der Waals surface area contributed by atoms with Crippen molar-refractivity contribution < 1.29 is 0 Å². The number of benzene rings is 1. The predicted molar refractivity (Wildman–Crippen MR) is 80.8 cm³/mol. The van der Waals surface area contributed by atoms with Gasteiger partial charge in [0.2, 0.25) is 0 Å². The fraction of sp³-hybridized carbons (Fsp3) is 0.500. The number of aromatic nitrogens is 2. The normalized spacial score (nSPS) is 28.1. The van der Waals surface area contributed by atoms with Crippen molar-refractivity contribution in [3.63, 3.8) is 0 Å². The maximum atomic E-state index is 4.75. The lowest BCUT2D eigenvalue weighted by atomic mass is 10.2. The highest BCUT2D eigenvalue weighted by Crippen LogP contribution is 2.52. The largest absolute Gasteiger partial charge is 0.355 e. The van der Waals surface area contributed by atoms with Crippen molar-refractivity contribution in [3.05, 3.63) is 30.5 Å². The molecule has 4 rings (SSSR count). The molecule has 3 atom stereocenters. The second kappa shape index (κ2) is 4.42. The Bertz CT molecular complexity index is 627. The van der Waals surface area contributed by atoms with Crippen molar-refractivity contribution in [1.29, 1.82) is 0 Å². The molecule has 1 aromatic carbocycles. The minimum Gasteiger partial charge on any atom is -0.355 e. The van der Waals surface area contributed by atoms with Crippen LogP contribution < -0.4 is 4.90 Å². The van der Waals surface area contributed by atoms with Crippen molar-refractivity contribution in [1.82, 2.24) is 14.9 Å². The Balaban J connectivity index is 1.50. The van der Waals surface area contributed by atoms with E-state index in [-0.39, 0.29) is 0 Å². The number of piperidine rings is 1. The zero-order valence-corrected chi connectivity index (χ0v) is 12.0. The molecule has 2 fully saturated rings. The number of anilines is 1. The molecule has 0 radical (unpaired) electrons. The van der Waals surface area contributed by atoms with Gasteiger partial charge in [-0.05, 0) is 44.0 Å². The van der Waals surface area contributed by atoms with E-state index in [1.165, 1.54) is 6.54 Å². The second-order valence-corrected chi connectivity index (χ2v) is 6.38. The minimum atomic E-state index is 0.866. The molecule has 0 spiro atoms. The topological polar surface area (TPSA) is 32.3 Å². The van der Waals surface area contributed by atoms with Crippen LogP contribution in [0.1, 0.15) is 0 Å². The van der Waals surface area contributed by atoms with Crippen LogP contribution in [0.15, 0.2) is 30.5 Å². The predicted octanol–water partition coefficient (Wildman–Crippen LogP) is 1.87. The summed E-state index contributed by atoms with van der Waals surface area (Å²) < 4.78 is 0. The molecule has 1 aromatic heterocycles. The van der Waals surface area contributed by atoms with Gasteiger partial charge in [-0.3, -0.25) is 4.98 Å². The molecular formula is C16H20N4. The van der Waals surface area contributed by atoms with Crippen LogP contribution in [-0.4, -0.2) is 48.6 Å². The molecule has 20 heavy (non-hydrogen) atoms. The van der Waals surface area contributed by atoms with E-state index in [2.05, 4.69) is 28.9 Å². The Morgan fingerprint density at radius 3 is 2.55 bits per heavy atom. The van der Waals surface area contributed by atoms with Crippen molar-refractivity contribution in [2.75, 3.05) is 38.6 Å². The Labute approximate surface area is 119 Å². The summed E-state index contributed by atoms with van der Waals surface area (Å²) in [5.74, 6) is 3.67. The molecule has 4 heteroatoms. The molecular weight excluding hydrogens is 248 g/mol. The average Bonchev–Trinajstić information content (AvgIpc) is 2.89. The summed E-state index contributed by atoms with van der Waals surface area (Å²) in [6.07, 6.45) is 1.92. The van der Waals surface area contributed by atoms with Gasteiger partial charge in [-0.25, -0.2) is 4.98 Å². The number of hydrogen-bond acceptors (Lipinski definition) is 4. The smallest absolute Gasteiger partial charge is 0.147 e. The quantitative estimate of drug-likeness (QED) is 0.851. The van der Waals surface area contributed by atoms with Crippen molar-refractivity contribution in [2.24, 2.45) is 17.8 Å². The van der Waals surface area contributed by atoms with Crippen LogP contribution in [0.4, 0.5) is 5.82 Å². The molecule has 0 amide bonds. The molecule has 104 valence electrons. The standard InChI is InChI=1S/C16H20N4/c1-19(2)8-11-12-9-20(10-13(11)12)16-7-17-14-5-3-4-6-15(14)18-16/h3-7,11-13H,8-10H2,1-2H3/t11?,12-,13+. The summed E-state index contributed by atoms with van der Waals surface area (Å²) in [7, 11) is 4.33. The molecule has 1 saturated carbocycles. The van der Waals surface area contributed by atoms with E-state index >= 15 is 0 Å². The van der Waals surface area contributed by atoms with Crippen molar-refractivity contribution >= 4 is 16.9 Å². The van der Waals surface area contributed by atoms with E-state index in [0.717, 1.165) is 47.7 Å². The number of fused-ring (bicyclic) bond motifs is 2. The highest BCUT2D eigenvalue weighted by atomic mass is 15.2. The summed E-state index contributed by atoms with van der Waals surface area (Å²) >= 11 is 0. The third-order valence-corrected chi connectivity index (χ3v) is 4.71. The second-order valence-electron chi connectivity index (χ2n) is 6.38. The summed E-state index contributed by atoms with van der Waals surface area (Å²) in [5, 5.41) is 0. The van der Waals surface area contributed by atoms with Crippen LogP contribution >= 0.6 is 0 Å². The van der Waals surface area contributed by atoms with Gasteiger partial charge in [0.25, 0.3) is 0 Å². The van der Waals surface area contributed by atoms with Gasteiger partial charge in [0.1, 0.15) is 5.82 Å². The average molecular weight is 268 g/mol. The molecule has 4 nitrogen and oxygen atoms in total. The lowest BCUT2D eigenvalue weighted by Gasteiger charge is -2.21. The Kier molecular flexibility index (Phi) is 2.67.